The summed E-state index contributed by atoms with van der Waals surface area (Å²) in [6, 6.07) is 1.90. The zero-order valence-corrected chi connectivity index (χ0v) is 17.4. The van der Waals surface area contributed by atoms with E-state index >= 15 is 0 Å². The highest BCUT2D eigenvalue weighted by molar-refractivity contribution is 7.90. The van der Waals surface area contributed by atoms with Crippen LogP contribution in [-0.4, -0.2) is 53.6 Å². The first-order chi connectivity index (χ1) is 13.3. The summed E-state index contributed by atoms with van der Waals surface area (Å²) >= 11 is 1.62. The number of nitrogens with one attached hydrogen (secondary N) is 1. The second-order valence-corrected chi connectivity index (χ2v) is 11.4. The van der Waals surface area contributed by atoms with Crippen LogP contribution < -0.4 is 5.32 Å². The number of hydrogen-bond donors (Lipinski definition) is 2. The Kier molecular flexibility index (Phi) is 5.41. The van der Waals surface area contributed by atoms with Gasteiger partial charge in [0, 0.05) is 24.4 Å². The summed E-state index contributed by atoms with van der Waals surface area (Å²) in [5, 5.41) is 14.3. The molecule has 0 saturated heterocycles. The van der Waals surface area contributed by atoms with E-state index in [2.05, 4.69) is 15.3 Å². The first-order valence-corrected chi connectivity index (χ1v) is 12.6. The fraction of sp³-hybridized carbons (Fsp3) is 0.632. The molecule has 2 aromatic rings. The molecule has 2 aliphatic rings. The van der Waals surface area contributed by atoms with E-state index in [0.717, 1.165) is 28.8 Å². The maximum absolute atomic E-state index is 12.6. The molecular weight excluding hydrogens is 398 g/mol. The van der Waals surface area contributed by atoms with E-state index in [1.807, 2.05) is 6.07 Å². The van der Waals surface area contributed by atoms with E-state index in [1.54, 1.807) is 17.5 Å². The Labute approximate surface area is 168 Å². The molecule has 9 heteroatoms. The highest BCUT2D eigenvalue weighted by Gasteiger charge is 2.30. The van der Waals surface area contributed by atoms with Crippen LogP contribution in [0.2, 0.25) is 0 Å². The molecule has 2 saturated carbocycles. The predicted octanol–water partition coefficient (Wildman–Crippen LogP) is 2.26. The third kappa shape index (κ3) is 4.69. The van der Waals surface area contributed by atoms with Crippen LogP contribution in [-0.2, 0) is 9.84 Å². The Morgan fingerprint density at radius 1 is 1.29 bits per heavy atom. The summed E-state index contributed by atoms with van der Waals surface area (Å²) in [4.78, 5) is 21.5. The van der Waals surface area contributed by atoms with Gasteiger partial charge in [0.25, 0.3) is 5.91 Å². The maximum Gasteiger partial charge on any atom is 0.253 e. The lowest BCUT2D eigenvalue weighted by molar-refractivity contribution is 0.0842. The third-order valence-corrected chi connectivity index (χ3v) is 7.68. The molecule has 0 bridgehead atoms. The maximum atomic E-state index is 12.6. The first-order valence-electron chi connectivity index (χ1n) is 9.71. The summed E-state index contributed by atoms with van der Waals surface area (Å²) in [6.07, 6.45) is 7.16. The van der Waals surface area contributed by atoms with Gasteiger partial charge in [-0.05, 0) is 50.5 Å². The number of aliphatic hydroxyl groups is 1. The molecule has 0 spiro atoms. The lowest BCUT2D eigenvalue weighted by Gasteiger charge is -2.31. The second-order valence-electron chi connectivity index (χ2n) is 8.12. The zero-order valence-electron chi connectivity index (χ0n) is 15.8. The van der Waals surface area contributed by atoms with Crippen LogP contribution >= 0.6 is 11.3 Å². The molecule has 1 unspecified atom stereocenters. The number of hydrogen-bond acceptors (Lipinski definition) is 7. The van der Waals surface area contributed by atoms with Gasteiger partial charge in [-0.2, -0.15) is 0 Å². The van der Waals surface area contributed by atoms with E-state index < -0.39 is 15.9 Å². The molecule has 2 fully saturated rings. The van der Waals surface area contributed by atoms with Gasteiger partial charge in [0.2, 0.25) is 0 Å². The number of carbonyl (C=O) groups excluding carboxylic acids is 1. The SMILES string of the molecule is CS(=O)(=O)CC(O)[C@H]1CC[C@H](NC(=O)c2cnc3nc(C4CC4)sc3c2)CC1. The molecule has 0 aliphatic heterocycles. The van der Waals surface area contributed by atoms with Gasteiger partial charge in [0.15, 0.2) is 5.65 Å². The van der Waals surface area contributed by atoms with Gasteiger partial charge in [0.1, 0.15) is 9.84 Å². The van der Waals surface area contributed by atoms with Gasteiger partial charge in [0.05, 0.1) is 27.1 Å². The van der Waals surface area contributed by atoms with Crippen molar-refractivity contribution in [3.05, 3.63) is 22.8 Å². The molecule has 0 aromatic carbocycles. The molecule has 2 N–H and O–H groups in total. The van der Waals surface area contributed by atoms with E-state index in [0.29, 0.717) is 30.0 Å². The molecule has 2 aliphatic carbocycles. The Balaban J connectivity index is 1.33. The standard InChI is InChI=1S/C19H25N3O4S2/c1-28(25,26)10-15(23)11-4-6-14(7-5-11)21-18(24)13-8-16-17(20-9-13)22-19(27-16)12-2-3-12/h8-9,11-12,14-15,23H,2-7,10H2,1H3,(H,21,24)/t11-,14-,15?. The summed E-state index contributed by atoms with van der Waals surface area (Å²) in [5.41, 5.74) is 1.25. The van der Waals surface area contributed by atoms with Crippen molar-refractivity contribution < 1.29 is 18.3 Å². The van der Waals surface area contributed by atoms with Crippen LogP contribution in [0.15, 0.2) is 12.3 Å². The quantitative estimate of drug-likeness (QED) is 0.738. The molecule has 152 valence electrons. The van der Waals surface area contributed by atoms with Crippen molar-refractivity contribution in [2.75, 3.05) is 12.0 Å². The van der Waals surface area contributed by atoms with Crippen molar-refractivity contribution in [1.82, 2.24) is 15.3 Å². The molecule has 7 nitrogen and oxygen atoms in total. The first kappa shape index (κ1) is 19.7. The Morgan fingerprint density at radius 3 is 2.64 bits per heavy atom. The average Bonchev–Trinajstić information content (AvgIpc) is 3.39. The average molecular weight is 424 g/mol. The fourth-order valence-corrected chi connectivity index (χ4v) is 5.86. The van der Waals surface area contributed by atoms with Crippen molar-refractivity contribution in [1.29, 1.82) is 0 Å². The molecular formula is C19H25N3O4S2. The number of aromatic nitrogens is 2. The van der Waals surface area contributed by atoms with Crippen LogP contribution in [0.1, 0.15) is 59.8 Å². The minimum absolute atomic E-state index is 0.0288. The summed E-state index contributed by atoms with van der Waals surface area (Å²) in [5.74, 6) is 0.206. The van der Waals surface area contributed by atoms with Crippen molar-refractivity contribution >= 4 is 37.4 Å². The minimum atomic E-state index is -3.19. The van der Waals surface area contributed by atoms with Crippen LogP contribution in [0.3, 0.4) is 0 Å². The van der Waals surface area contributed by atoms with E-state index in [-0.39, 0.29) is 23.6 Å². The summed E-state index contributed by atoms with van der Waals surface area (Å²) < 4.78 is 23.7. The van der Waals surface area contributed by atoms with Gasteiger partial charge in [-0.1, -0.05) is 0 Å². The zero-order chi connectivity index (χ0) is 19.9. The third-order valence-electron chi connectivity index (χ3n) is 5.58. The van der Waals surface area contributed by atoms with Gasteiger partial charge in [-0.3, -0.25) is 4.79 Å². The number of thiazole rings is 1. The second kappa shape index (κ2) is 7.68. The summed E-state index contributed by atoms with van der Waals surface area (Å²) in [7, 11) is -3.19. The monoisotopic (exact) mass is 423 g/mol. The Bertz CT molecular complexity index is 976. The number of aliphatic hydroxyl groups excluding tert-OH is 1. The van der Waals surface area contributed by atoms with E-state index in [1.165, 1.54) is 12.8 Å². The molecule has 1 amide bonds. The summed E-state index contributed by atoms with van der Waals surface area (Å²) in [6.45, 7) is 0. The van der Waals surface area contributed by atoms with Gasteiger partial charge in [-0.25, -0.2) is 18.4 Å². The molecule has 4 rings (SSSR count). The number of sulfone groups is 1. The number of pyridine rings is 1. The van der Waals surface area contributed by atoms with Crippen molar-refractivity contribution in [3.63, 3.8) is 0 Å². The van der Waals surface area contributed by atoms with E-state index in [4.69, 9.17) is 0 Å². The van der Waals surface area contributed by atoms with Crippen molar-refractivity contribution in [2.24, 2.45) is 5.92 Å². The van der Waals surface area contributed by atoms with Gasteiger partial charge >= 0.3 is 0 Å². The van der Waals surface area contributed by atoms with Crippen LogP contribution in [0.4, 0.5) is 0 Å². The highest BCUT2D eigenvalue weighted by Crippen LogP contribution is 2.43. The van der Waals surface area contributed by atoms with Gasteiger partial charge < -0.3 is 10.4 Å². The van der Waals surface area contributed by atoms with Crippen LogP contribution in [0.5, 0.6) is 0 Å². The number of fused-ring (bicyclic) bond motifs is 1. The van der Waals surface area contributed by atoms with Crippen LogP contribution in [0, 0.1) is 5.92 Å². The molecule has 2 heterocycles. The molecule has 0 radical (unpaired) electrons. The topological polar surface area (TPSA) is 109 Å². The number of rotatable bonds is 6. The fourth-order valence-electron chi connectivity index (χ4n) is 3.83. The Morgan fingerprint density at radius 2 is 2.00 bits per heavy atom. The number of nitrogens with zero attached hydrogens (tertiary/aromatic N) is 2. The van der Waals surface area contributed by atoms with Crippen LogP contribution in [0.25, 0.3) is 10.3 Å². The largest absolute Gasteiger partial charge is 0.392 e. The molecule has 2 aromatic heterocycles. The van der Waals surface area contributed by atoms with E-state index in [9.17, 15) is 18.3 Å². The van der Waals surface area contributed by atoms with Gasteiger partial charge in [-0.15, -0.1) is 11.3 Å². The molecule has 1 atom stereocenters. The lowest BCUT2D eigenvalue weighted by Crippen LogP contribution is -2.40. The minimum Gasteiger partial charge on any atom is -0.392 e. The van der Waals surface area contributed by atoms with Crippen molar-refractivity contribution in [2.45, 2.75) is 56.6 Å². The normalized spacial score (nSPS) is 24.2. The highest BCUT2D eigenvalue weighted by atomic mass is 32.2. The molecule has 28 heavy (non-hydrogen) atoms. The smallest absolute Gasteiger partial charge is 0.253 e. The van der Waals surface area contributed by atoms with Crippen molar-refractivity contribution in [3.8, 4) is 0 Å². The number of carbonyl (C=O) groups is 1. The lowest BCUT2D eigenvalue weighted by atomic mass is 9.83. The predicted molar refractivity (Wildman–Crippen MR) is 108 cm³/mol. The number of amides is 1. The Hall–Kier alpha value is -1.58.